The predicted octanol–water partition coefficient (Wildman–Crippen LogP) is 4.44. The lowest BCUT2D eigenvalue weighted by molar-refractivity contribution is -0.147. The smallest absolute Gasteiger partial charge is 0.306 e. The summed E-state index contributed by atoms with van der Waals surface area (Å²) in [5.74, 6) is -0.0467. The van der Waals surface area contributed by atoms with Gasteiger partial charge in [0.05, 0.1) is 0 Å². The molecule has 1 aromatic heterocycles. The third kappa shape index (κ3) is 6.55. The van der Waals surface area contributed by atoms with E-state index in [-0.39, 0.29) is 24.9 Å². The summed E-state index contributed by atoms with van der Waals surface area (Å²) in [5.41, 5.74) is 2.80. The molecule has 5 nitrogen and oxygen atoms in total. The Morgan fingerprint density at radius 2 is 1.71 bits per heavy atom. The molecule has 0 aliphatic rings. The first-order valence-corrected chi connectivity index (χ1v) is 9.87. The summed E-state index contributed by atoms with van der Waals surface area (Å²) in [6, 6.07) is 18.9. The summed E-state index contributed by atoms with van der Waals surface area (Å²) in [5, 5.41) is 6.66. The number of benzene rings is 2. The average Bonchev–Trinajstić information content (AvgIpc) is 3.25. The van der Waals surface area contributed by atoms with E-state index in [1.807, 2.05) is 47.2 Å². The zero-order chi connectivity index (χ0) is 19.6. The van der Waals surface area contributed by atoms with Crippen molar-refractivity contribution in [3.8, 4) is 5.75 Å². The van der Waals surface area contributed by atoms with Gasteiger partial charge in [0.2, 0.25) is 0 Å². The third-order valence-corrected chi connectivity index (χ3v) is 4.68. The van der Waals surface area contributed by atoms with Gasteiger partial charge in [-0.1, -0.05) is 30.3 Å². The monoisotopic (exact) mass is 395 g/mol. The van der Waals surface area contributed by atoms with Crippen LogP contribution in [0.5, 0.6) is 5.75 Å². The zero-order valence-corrected chi connectivity index (χ0v) is 16.1. The molecule has 0 fully saturated rings. The van der Waals surface area contributed by atoms with E-state index in [2.05, 4.69) is 5.32 Å². The molecule has 144 valence electrons. The largest absolute Gasteiger partial charge is 0.489 e. The number of rotatable bonds is 9. The van der Waals surface area contributed by atoms with E-state index >= 15 is 0 Å². The molecule has 1 heterocycles. The Morgan fingerprint density at radius 1 is 0.929 bits per heavy atom. The lowest BCUT2D eigenvalue weighted by Gasteiger charge is -2.09. The zero-order valence-electron chi connectivity index (χ0n) is 15.3. The van der Waals surface area contributed by atoms with E-state index in [1.54, 1.807) is 35.6 Å². The summed E-state index contributed by atoms with van der Waals surface area (Å²) in [6.07, 6.45) is 0.881. The SMILES string of the molecule is O=C(COC(=O)CCc1ccsc1)Nc1ccc(OCc2ccccc2)cc1. The highest BCUT2D eigenvalue weighted by molar-refractivity contribution is 7.07. The molecule has 0 radical (unpaired) electrons. The van der Waals surface area contributed by atoms with Crippen molar-refractivity contribution in [1.82, 2.24) is 0 Å². The second-order valence-corrected chi connectivity index (χ2v) is 6.92. The van der Waals surface area contributed by atoms with Gasteiger partial charge in [0.1, 0.15) is 12.4 Å². The second-order valence-electron chi connectivity index (χ2n) is 6.14. The Balaban J connectivity index is 1.37. The van der Waals surface area contributed by atoms with Gasteiger partial charge in [0.25, 0.3) is 5.91 Å². The molecule has 0 saturated carbocycles. The number of esters is 1. The Hall–Kier alpha value is -3.12. The maximum absolute atomic E-state index is 11.9. The molecule has 0 spiro atoms. The molecule has 0 unspecified atom stereocenters. The van der Waals surface area contributed by atoms with Crippen molar-refractivity contribution in [2.75, 3.05) is 11.9 Å². The van der Waals surface area contributed by atoms with Crippen molar-refractivity contribution in [3.05, 3.63) is 82.6 Å². The Labute approximate surface area is 167 Å². The summed E-state index contributed by atoms with van der Waals surface area (Å²) in [4.78, 5) is 23.6. The van der Waals surface area contributed by atoms with E-state index in [0.717, 1.165) is 11.1 Å². The lowest BCUT2D eigenvalue weighted by Crippen LogP contribution is -2.21. The Bertz CT molecular complexity index is 877. The first kappa shape index (κ1) is 19.6. The number of nitrogens with one attached hydrogen (secondary N) is 1. The van der Waals surface area contributed by atoms with Crippen LogP contribution in [0.25, 0.3) is 0 Å². The van der Waals surface area contributed by atoms with Crippen LogP contribution in [-0.2, 0) is 27.4 Å². The average molecular weight is 395 g/mol. The number of aryl methyl sites for hydroxylation is 1. The maximum atomic E-state index is 11.9. The van der Waals surface area contributed by atoms with Crippen molar-refractivity contribution in [2.24, 2.45) is 0 Å². The van der Waals surface area contributed by atoms with Gasteiger partial charge < -0.3 is 14.8 Å². The molecule has 0 aliphatic carbocycles. The number of anilines is 1. The number of thiophene rings is 1. The molecule has 6 heteroatoms. The van der Waals surface area contributed by atoms with Crippen LogP contribution in [0.2, 0.25) is 0 Å². The highest BCUT2D eigenvalue weighted by Gasteiger charge is 2.09. The van der Waals surface area contributed by atoms with E-state index in [9.17, 15) is 9.59 Å². The van der Waals surface area contributed by atoms with Crippen LogP contribution in [0.15, 0.2) is 71.4 Å². The molecule has 3 rings (SSSR count). The van der Waals surface area contributed by atoms with Gasteiger partial charge in [0, 0.05) is 12.1 Å². The molecule has 2 aromatic carbocycles. The second kappa shape index (κ2) is 10.3. The van der Waals surface area contributed by atoms with Crippen LogP contribution in [-0.4, -0.2) is 18.5 Å². The number of amides is 1. The van der Waals surface area contributed by atoms with Crippen LogP contribution < -0.4 is 10.1 Å². The number of hydrogen-bond donors (Lipinski definition) is 1. The van der Waals surface area contributed by atoms with Gasteiger partial charge in [-0.25, -0.2) is 0 Å². The van der Waals surface area contributed by atoms with Crippen LogP contribution in [0.4, 0.5) is 5.69 Å². The van der Waals surface area contributed by atoms with Gasteiger partial charge >= 0.3 is 5.97 Å². The fourth-order valence-electron chi connectivity index (χ4n) is 2.47. The lowest BCUT2D eigenvalue weighted by atomic mass is 10.2. The minimum absolute atomic E-state index is 0.261. The molecule has 1 N–H and O–H groups in total. The number of carbonyl (C=O) groups is 2. The first-order valence-electron chi connectivity index (χ1n) is 8.92. The molecule has 0 atom stereocenters. The molecule has 28 heavy (non-hydrogen) atoms. The predicted molar refractivity (Wildman–Crippen MR) is 109 cm³/mol. The van der Waals surface area contributed by atoms with E-state index < -0.39 is 0 Å². The quantitative estimate of drug-likeness (QED) is 0.544. The molecular weight excluding hydrogens is 374 g/mol. The van der Waals surface area contributed by atoms with Crippen molar-refractivity contribution < 1.29 is 19.1 Å². The first-order chi connectivity index (χ1) is 13.7. The van der Waals surface area contributed by atoms with Gasteiger partial charge in [0.15, 0.2) is 6.61 Å². The summed E-state index contributed by atoms with van der Waals surface area (Å²) >= 11 is 1.59. The molecular formula is C22H21NO4S. The normalized spacial score (nSPS) is 10.3. The van der Waals surface area contributed by atoms with E-state index in [0.29, 0.717) is 24.5 Å². The summed E-state index contributed by atoms with van der Waals surface area (Å²) < 4.78 is 10.7. The van der Waals surface area contributed by atoms with Gasteiger partial charge in [-0.15, -0.1) is 0 Å². The molecule has 1 amide bonds. The number of ether oxygens (including phenoxy) is 2. The van der Waals surface area contributed by atoms with Crippen molar-refractivity contribution in [3.63, 3.8) is 0 Å². The molecule has 0 saturated heterocycles. The third-order valence-electron chi connectivity index (χ3n) is 3.95. The van der Waals surface area contributed by atoms with Crippen molar-refractivity contribution >= 4 is 28.9 Å². The molecule has 0 bridgehead atoms. The Kier molecular flexibility index (Phi) is 7.21. The highest BCUT2D eigenvalue weighted by atomic mass is 32.1. The highest BCUT2D eigenvalue weighted by Crippen LogP contribution is 2.17. The summed E-state index contributed by atoms with van der Waals surface area (Å²) in [6.45, 7) is 0.183. The van der Waals surface area contributed by atoms with Crippen LogP contribution in [0.3, 0.4) is 0 Å². The van der Waals surface area contributed by atoms with Gasteiger partial charge in [-0.2, -0.15) is 11.3 Å². The Morgan fingerprint density at radius 3 is 2.43 bits per heavy atom. The fraction of sp³-hybridized carbons (Fsp3) is 0.182. The van der Waals surface area contributed by atoms with Crippen LogP contribution in [0, 0.1) is 0 Å². The number of hydrogen-bond acceptors (Lipinski definition) is 5. The van der Waals surface area contributed by atoms with Crippen molar-refractivity contribution in [2.45, 2.75) is 19.4 Å². The maximum Gasteiger partial charge on any atom is 0.306 e. The van der Waals surface area contributed by atoms with Gasteiger partial charge in [-0.3, -0.25) is 9.59 Å². The van der Waals surface area contributed by atoms with Crippen LogP contribution in [0.1, 0.15) is 17.5 Å². The number of carbonyl (C=O) groups excluding carboxylic acids is 2. The minimum atomic E-state index is -0.383. The minimum Gasteiger partial charge on any atom is -0.489 e. The topological polar surface area (TPSA) is 64.6 Å². The summed E-state index contributed by atoms with van der Waals surface area (Å²) in [7, 11) is 0. The van der Waals surface area contributed by atoms with E-state index in [1.165, 1.54) is 0 Å². The van der Waals surface area contributed by atoms with E-state index in [4.69, 9.17) is 9.47 Å². The molecule has 0 aliphatic heterocycles. The fourth-order valence-corrected chi connectivity index (χ4v) is 3.18. The molecule has 3 aromatic rings. The van der Waals surface area contributed by atoms with Crippen LogP contribution >= 0.6 is 11.3 Å². The van der Waals surface area contributed by atoms with Crippen molar-refractivity contribution in [1.29, 1.82) is 0 Å². The standard InChI is InChI=1S/C22H21NO4S/c24-21(15-27-22(25)11-6-18-12-13-28-16-18)23-19-7-9-20(10-8-19)26-14-17-4-2-1-3-5-17/h1-5,7-10,12-13,16H,6,11,14-15H2,(H,23,24). The van der Waals surface area contributed by atoms with Gasteiger partial charge in [-0.05, 0) is 58.6 Å².